The molecule has 1 amide bonds. The lowest BCUT2D eigenvalue weighted by Gasteiger charge is -2.08. The van der Waals surface area contributed by atoms with E-state index in [1.807, 2.05) is 0 Å². The van der Waals surface area contributed by atoms with Crippen LogP contribution in [0, 0.1) is 17.1 Å². The summed E-state index contributed by atoms with van der Waals surface area (Å²) in [4.78, 5) is 16.0. The zero-order valence-corrected chi connectivity index (χ0v) is 11.3. The number of nitrogens with zero attached hydrogens (tertiary/aromatic N) is 2. The molecule has 1 heterocycles. The van der Waals surface area contributed by atoms with Crippen LogP contribution in [0.1, 0.15) is 15.9 Å². The molecule has 2 aromatic rings. The number of nitrogen functional groups attached to an aromatic ring is 1. The van der Waals surface area contributed by atoms with Crippen LogP contribution in [0.3, 0.4) is 0 Å². The third-order valence-electron chi connectivity index (χ3n) is 2.55. The number of nitriles is 1. The summed E-state index contributed by atoms with van der Waals surface area (Å²) in [6.07, 6.45) is 0. The first-order valence-electron chi connectivity index (χ1n) is 5.68. The molecule has 21 heavy (non-hydrogen) atoms. The molecule has 0 radical (unpaired) electrons. The van der Waals surface area contributed by atoms with E-state index in [1.54, 1.807) is 6.07 Å². The molecule has 1 aromatic heterocycles. The van der Waals surface area contributed by atoms with Crippen LogP contribution in [0.25, 0.3) is 0 Å². The summed E-state index contributed by atoms with van der Waals surface area (Å²) in [7, 11) is 0. The van der Waals surface area contributed by atoms with E-state index >= 15 is 0 Å². The minimum Gasteiger partial charge on any atom is -0.321 e. The van der Waals surface area contributed by atoms with Crippen molar-refractivity contribution < 1.29 is 9.18 Å². The summed E-state index contributed by atoms with van der Waals surface area (Å²) >= 11 is 5.77. The van der Waals surface area contributed by atoms with Gasteiger partial charge in [0, 0.05) is 5.56 Å². The van der Waals surface area contributed by atoms with E-state index in [-0.39, 0.29) is 27.8 Å². The Bertz CT molecular complexity index is 744. The number of aromatic nitrogens is 1. The third kappa shape index (κ3) is 3.45. The van der Waals surface area contributed by atoms with Crippen LogP contribution in [0.4, 0.5) is 15.9 Å². The highest BCUT2D eigenvalue weighted by Gasteiger charge is 2.12. The Morgan fingerprint density at radius 1 is 1.38 bits per heavy atom. The van der Waals surface area contributed by atoms with Crippen molar-refractivity contribution in [1.29, 1.82) is 5.26 Å². The number of rotatable bonds is 3. The molecule has 106 valence electrons. The molecule has 0 aliphatic rings. The van der Waals surface area contributed by atoms with Gasteiger partial charge in [-0.15, -0.1) is 0 Å². The lowest BCUT2D eigenvalue weighted by molar-refractivity contribution is 0.102. The topological polar surface area (TPSA) is 104 Å². The Hall–Kier alpha value is -2.69. The minimum absolute atomic E-state index is 0.0145. The smallest absolute Gasteiger partial charge is 0.255 e. The maximum absolute atomic E-state index is 13.0. The van der Waals surface area contributed by atoms with Gasteiger partial charge in [-0.3, -0.25) is 4.79 Å². The van der Waals surface area contributed by atoms with Gasteiger partial charge in [-0.2, -0.15) is 5.26 Å². The van der Waals surface area contributed by atoms with Gasteiger partial charge in [-0.1, -0.05) is 11.6 Å². The Labute approximate surface area is 124 Å². The lowest BCUT2D eigenvalue weighted by atomic mass is 10.1. The number of nitrogens with one attached hydrogen (secondary N) is 2. The number of amides is 1. The summed E-state index contributed by atoms with van der Waals surface area (Å²) in [6, 6.07) is 8.00. The van der Waals surface area contributed by atoms with E-state index in [0.29, 0.717) is 0 Å². The van der Waals surface area contributed by atoms with Gasteiger partial charge in [0.2, 0.25) is 0 Å². The molecule has 2 rings (SSSR count). The standard InChI is InChI=1S/C13H9ClFN5O/c14-11-4-7(5-12(19-11)20-17)13(21)18-10-2-1-9(15)3-8(10)6-16/h1-5H,17H2,(H,18,21)(H,19,20). The second-order valence-electron chi connectivity index (χ2n) is 3.96. The minimum atomic E-state index is -0.564. The number of halogens is 2. The predicted molar refractivity (Wildman–Crippen MR) is 76.1 cm³/mol. The summed E-state index contributed by atoms with van der Waals surface area (Å²) < 4.78 is 13.0. The number of nitrogens with two attached hydrogens (primary N) is 1. The SMILES string of the molecule is N#Cc1cc(F)ccc1NC(=O)c1cc(Cl)nc(NN)c1. The monoisotopic (exact) mass is 305 g/mol. The van der Waals surface area contributed by atoms with Gasteiger partial charge in [0.15, 0.2) is 0 Å². The Balaban J connectivity index is 2.30. The van der Waals surface area contributed by atoms with Crippen molar-refractivity contribution in [3.8, 4) is 6.07 Å². The van der Waals surface area contributed by atoms with Crippen molar-refractivity contribution in [2.45, 2.75) is 0 Å². The Morgan fingerprint density at radius 3 is 2.81 bits per heavy atom. The zero-order valence-electron chi connectivity index (χ0n) is 10.5. The molecule has 8 heteroatoms. The van der Waals surface area contributed by atoms with E-state index in [2.05, 4.69) is 15.7 Å². The molecule has 0 bridgehead atoms. The maximum atomic E-state index is 13.0. The molecule has 0 aliphatic heterocycles. The molecule has 0 atom stereocenters. The molecule has 4 N–H and O–H groups in total. The van der Waals surface area contributed by atoms with Gasteiger partial charge in [0.25, 0.3) is 5.91 Å². The second kappa shape index (κ2) is 6.17. The first kappa shape index (κ1) is 14.7. The molecule has 0 unspecified atom stereocenters. The number of hydrogen-bond acceptors (Lipinski definition) is 5. The number of hydrazine groups is 1. The van der Waals surface area contributed by atoms with Crippen molar-refractivity contribution in [1.82, 2.24) is 4.98 Å². The molecule has 6 nitrogen and oxygen atoms in total. The summed E-state index contributed by atoms with van der Waals surface area (Å²) in [5, 5.41) is 11.5. The highest BCUT2D eigenvalue weighted by molar-refractivity contribution is 6.30. The largest absolute Gasteiger partial charge is 0.321 e. The number of carbonyl (C=O) groups is 1. The van der Waals surface area contributed by atoms with Crippen molar-refractivity contribution in [2.24, 2.45) is 5.84 Å². The van der Waals surface area contributed by atoms with Crippen LogP contribution in [0.5, 0.6) is 0 Å². The van der Waals surface area contributed by atoms with Crippen LogP contribution >= 0.6 is 11.6 Å². The normalized spacial score (nSPS) is 9.81. The van der Waals surface area contributed by atoms with Crippen molar-refractivity contribution in [3.05, 3.63) is 52.4 Å². The predicted octanol–water partition coefficient (Wildman–Crippen LogP) is 2.28. The van der Waals surface area contributed by atoms with Crippen molar-refractivity contribution >= 4 is 29.0 Å². The highest BCUT2D eigenvalue weighted by Crippen LogP contribution is 2.19. The summed E-state index contributed by atoms with van der Waals surface area (Å²) in [5.41, 5.74) is 2.68. The van der Waals surface area contributed by atoms with Gasteiger partial charge in [-0.05, 0) is 30.3 Å². The average Bonchev–Trinajstić information content (AvgIpc) is 2.48. The van der Waals surface area contributed by atoms with Crippen molar-refractivity contribution in [3.63, 3.8) is 0 Å². The van der Waals surface area contributed by atoms with E-state index in [0.717, 1.165) is 12.1 Å². The first-order chi connectivity index (χ1) is 10.0. The fourth-order valence-corrected chi connectivity index (χ4v) is 1.82. The number of anilines is 2. The molecule has 0 saturated heterocycles. The van der Waals surface area contributed by atoms with E-state index in [4.69, 9.17) is 22.7 Å². The fourth-order valence-electron chi connectivity index (χ4n) is 1.61. The molecule has 0 spiro atoms. The Kier molecular flexibility index (Phi) is 4.33. The quantitative estimate of drug-likeness (QED) is 0.458. The van der Waals surface area contributed by atoms with Crippen LogP contribution in [0.15, 0.2) is 30.3 Å². The number of carbonyl (C=O) groups excluding carboxylic acids is 1. The average molecular weight is 306 g/mol. The van der Waals surface area contributed by atoms with E-state index in [1.165, 1.54) is 18.2 Å². The van der Waals surface area contributed by atoms with Gasteiger partial charge >= 0.3 is 0 Å². The van der Waals surface area contributed by atoms with Crippen LogP contribution in [-0.2, 0) is 0 Å². The number of hydrogen-bond donors (Lipinski definition) is 3. The summed E-state index contributed by atoms with van der Waals surface area (Å²) in [5.74, 6) is 4.34. The van der Waals surface area contributed by atoms with Crippen LogP contribution in [-0.4, -0.2) is 10.9 Å². The maximum Gasteiger partial charge on any atom is 0.255 e. The van der Waals surface area contributed by atoms with Gasteiger partial charge in [0.1, 0.15) is 22.9 Å². The highest BCUT2D eigenvalue weighted by atomic mass is 35.5. The van der Waals surface area contributed by atoms with Gasteiger partial charge in [-0.25, -0.2) is 15.2 Å². The van der Waals surface area contributed by atoms with E-state index in [9.17, 15) is 9.18 Å². The molecule has 0 fully saturated rings. The molecular weight excluding hydrogens is 297 g/mol. The summed E-state index contributed by atoms with van der Waals surface area (Å²) in [6.45, 7) is 0. The van der Waals surface area contributed by atoms with Crippen LogP contribution < -0.4 is 16.6 Å². The number of benzene rings is 1. The molecule has 0 aliphatic carbocycles. The van der Waals surface area contributed by atoms with Gasteiger partial charge < -0.3 is 10.7 Å². The fraction of sp³-hybridized carbons (Fsp3) is 0. The molecule has 0 saturated carbocycles. The van der Waals surface area contributed by atoms with Crippen LogP contribution in [0.2, 0.25) is 5.15 Å². The molecular formula is C13H9ClFN5O. The Morgan fingerprint density at radius 2 is 2.14 bits per heavy atom. The lowest BCUT2D eigenvalue weighted by Crippen LogP contribution is -2.15. The second-order valence-corrected chi connectivity index (χ2v) is 4.35. The van der Waals surface area contributed by atoms with Crippen molar-refractivity contribution in [2.75, 3.05) is 10.7 Å². The zero-order chi connectivity index (χ0) is 15.4. The number of pyridine rings is 1. The third-order valence-corrected chi connectivity index (χ3v) is 2.75. The first-order valence-corrected chi connectivity index (χ1v) is 6.06. The van der Waals surface area contributed by atoms with E-state index < -0.39 is 11.7 Å². The molecule has 1 aromatic carbocycles. The van der Waals surface area contributed by atoms with Gasteiger partial charge in [0.05, 0.1) is 11.3 Å².